The van der Waals surface area contributed by atoms with Crippen LogP contribution in [0.4, 0.5) is 31.5 Å². The van der Waals surface area contributed by atoms with Crippen LogP contribution in [0, 0.1) is 21.7 Å². The third kappa shape index (κ3) is 2.77. The minimum absolute atomic E-state index is 0.0846. The van der Waals surface area contributed by atoms with E-state index in [1.54, 1.807) is 0 Å². The molecule has 0 radical (unpaired) electrons. The second kappa shape index (κ2) is 5.30. The third-order valence-corrected chi connectivity index (χ3v) is 2.80. The zero-order valence-corrected chi connectivity index (χ0v) is 10.6. The van der Waals surface area contributed by atoms with Gasteiger partial charge in [0.15, 0.2) is 5.82 Å². The van der Waals surface area contributed by atoms with E-state index in [1.165, 1.54) is 18.2 Å². The molecule has 20 heavy (non-hydrogen) atoms. The molecule has 0 aliphatic carbocycles. The molecular weight excluding hydrogens is 292 g/mol. The van der Waals surface area contributed by atoms with Gasteiger partial charge in [0.1, 0.15) is 11.5 Å². The summed E-state index contributed by atoms with van der Waals surface area (Å²) >= 11 is 5.72. The Balaban J connectivity index is 2.36. The molecule has 0 atom stereocenters. The molecule has 0 aliphatic heterocycles. The summed E-state index contributed by atoms with van der Waals surface area (Å²) in [7, 11) is 0. The van der Waals surface area contributed by atoms with E-state index in [0.717, 1.165) is 6.07 Å². The lowest BCUT2D eigenvalue weighted by molar-refractivity contribution is -0.383. The zero-order chi connectivity index (χ0) is 14.9. The number of hydrogen-bond acceptors (Lipinski definition) is 4. The highest BCUT2D eigenvalue weighted by Crippen LogP contribution is 2.31. The topological polar surface area (TPSA) is 81.2 Å². The maximum atomic E-state index is 13.6. The zero-order valence-electron chi connectivity index (χ0n) is 9.86. The van der Waals surface area contributed by atoms with Crippen molar-refractivity contribution in [2.75, 3.05) is 11.1 Å². The van der Waals surface area contributed by atoms with Crippen LogP contribution in [0.5, 0.6) is 0 Å². The SMILES string of the molecule is Nc1cc(Nc2c(F)cc(F)cc2Cl)ccc1[N+](=O)[O-]. The van der Waals surface area contributed by atoms with Gasteiger partial charge < -0.3 is 11.1 Å². The van der Waals surface area contributed by atoms with E-state index in [-0.39, 0.29) is 22.1 Å². The summed E-state index contributed by atoms with van der Waals surface area (Å²) < 4.78 is 26.5. The lowest BCUT2D eigenvalue weighted by Gasteiger charge is -2.10. The van der Waals surface area contributed by atoms with E-state index >= 15 is 0 Å². The number of anilines is 3. The highest BCUT2D eigenvalue weighted by atomic mass is 35.5. The van der Waals surface area contributed by atoms with Gasteiger partial charge in [-0.1, -0.05) is 11.6 Å². The van der Waals surface area contributed by atoms with Crippen molar-refractivity contribution in [3.63, 3.8) is 0 Å². The van der Waals surface area contributed by atoms with Crippen molar-refractivity contribution < 1.29 is 13.7 Å². The molecule has 0 bridgehead atoms. The number of nitrogens with two attached hydrogens (primary N) is 1. The lowest BCUT2D eigenvalue weighted by atomic mass is 10.2. The van der Waals surface area contributed by atoms with Gasteiger partial charge in [0.05, 0.1) is 15.6 Å². The number of nitro benzene ring substituents is 1. The summed E-state index contributed by atoms with van der Waals surface area (Å²) in [6, 6.07) is 5.39. The maximum Gasteiger partial charge on any atom is 0.292 e. The van der Waals surface area contributed by atoms with Gasteiger partial charge in [0.25, 0.3) is 5.69 Å². The minimum atomic E-state index is -0.882. The number of benzene rings is 2. The predicted molar refractivity (Wildman–Crippen MR) is 72.2 cm³/mol. The van der Waals surface area contributed by atoms with Crippen LogP contribution in [0.2, 0.25) is 5.02 Å². The van der Waals surface area contributed by atoms with Crippen molar-refractivity contribution in [2.24, 2.45) is 0 Å². The van der Waals surface area contributed by atoms with Crippen molar-refractivity contribution in [1.82, 2.24) is 0 Å². The molecule has 2 rings (SSSR count). The first-order chi connectivity index (χ1) is 9.38. The van der Waals surface area contributed by atoms with Gasteiger partial charge in [-0.3, -0.25) is 10.1 Å². The second-order valence-corrected chi connectivity index (χ2v) is 4.31. The van der Waals surface area contributed by atoms with Crippen molar-refractivity contribution in [3.05, 3.63) is 57.1 Å². The number of rotatable bonds is 3. The molecule has 0 saturated heterocycles. The first-order valence-corrected chi connectivity index (χ1v) is 5.72. The predicted octanol–water partition coefficient (Wildman–Crippen LogP) is 3.85. The monoisotopic (exact) mass is 299 g/mol. The second-order valence-electron chi connectivity index (χ2n) is 3.90. The molecule has 0 saturated carbocycles. The van der Waals surface area contributed by atoms with Gasteiger partial charge in [-0.15, -0.1) is 0 Å². The molecule has 0 spiro atoms. The van der Waals surface area contributed by atoms with E-state index in [1.807, 2.05) is 0 Å². The van der Waals surface area contributed by atoms with E-state index in [2.05, 4.69) is 5.32 Å². The Bertz CT molecular complexity index is 671. The number of nitro groups is 1. The summed E-state index contributed by atoms with van der Waals surface area (Å²) in [6.07, 6.45) is 0. The summed E-state index contributed by atoms with van der Waals surface area (Å²) in [5.41, 5.74) is 5.31. The van der Waals surface area contributed by atoms with E-state index in [4.69, 9.17) is 17.3 Å². The highest BCUT2D eigenvalue weighted by molar-refractivity contribution is 6.33. The number of nitrogens with zero attached hydrogens (tertiary/aromatic N) is 1. The molecule has 0 aliphatic rings. The number of nitrogen functional groups attached to an aromatic ring is 1. The lowest BCUT2D eigenvalue weighted by Crippen LogP contribution is -1.99. The van der Waals surface area contributed by atoms with Crippen molar-refractivity contribution in [2.45, 2.75) is 0 Å². The van der Waals surface area contributed by atoms with Gasteiger partial charge in [-0.2, -0.15) is 0 Å². The van der Waals surface area contributed by atoms with Crippen molar-refractivity contribution >= 4 is 34.4 Å². The van der Waals surface area contributed by atoms with Crippen LogP contribution < -0.4 is 11.1 Å². The summed E-state index contributed by atoms with van der Waals surface area (Å²) in [5, 5.41) is 13.1. The molecule has 0 unspecified atom stereocenters. The molecule has 0 heterocycles. The molecule has 104 valence electrons. The van der Waals surface area contributed by atoms with Gasteiger partial charge in [-0.05, 0) is 18.2 Å². The van der Waals surface area contributed by atoms with Crippen LogP contribution in [-0.4, -0.2) is 4.92 Å². The van der Waals surface area contributed by atoms with Gasteiger partial charge in [-0.25, -0.2) is 8.78 Å². The largest absolute Gasteiger partial charge is 0.393 e. The molecule has 0 fully saturated rings. The van der Waals surface area contributed by atoms with Crippen molar-refractivity contribution in [3.8, 4) is 0 Å². The summed E-state index contributed by atoms with van der Waals surface area (Å²) in [6.45, 7) is 0. The summed E-state index contributed by atoms with van der Waals surface area (Å²) in [4.78, 5) is 9.99. The van der Waals surface area contributed by atoms with Gasteiger partial charge in [0.2, 0.25) is 0 Å². The molecule has 5 nitrogen and oxygen atoms in total. The van der Waals surface area contributed by atoms with Crippen LogP contribution >= 0.6 is 11.6 Å². The van der Waals surface area contributed by atoms with Crippen molar-refractivity contribution in [1.29, 1.82) is 0 Å². The Morgan fingerprint density at radius 3 is 2.50 bits per heavy atom. The maximum absolute atomic E-state index is 13.6. The average molecular weight is 300 g/mol. The molecule has 0 aromatic heterocycles. The first-order valence-electron chi connectivity index (χ1n) is 5.34. The number of halogens is 3. The average Bonchev–Trinajstić information content (AvgIpc) is 2.33. The fourth-order valence-electron chi connectivity index (χ4n) is 1.60. The molecular formula is C12H8ClF2N3O2. The number of nitrogens with one attached hydrogen (secondary N) is 1. The van der Waals surface area contributed by atoms with E-state index in [9.17, 15) is 18.9 Å². The van der Waals surface area contributed by atoms with Gasteiger partial charge >= 0.3 is 0 Å². The molecule has 2 aromatic rings. The van der Waals surface area contributed by atoms with Gasteiger partial charge in [0, 0.05) is 17.8 Å². The van der Waals surface area contributed by atoms with Crippen LogP contribution in [0.3, 0.4) is 0 Å². The quantitative estimate of drug-likeness (QED) is 0.512. The Hall–Kier alpha value is -2.41. The summed E-state index contributed by atoms with van der Waals surface area (Å²) in [5.74, 6) is -1.69. The Labute approximate surface area is 117 Å². The third-order valence-electron chi connectivity index (χ3n) is 2.50. The molecule has 8 heteroatoms. The molecule has 0 amide bonds. The van der Waals surface area contributed by atoms with Crippen LogP contribution in [0.1, 0.15) is 0 Å². The van der Waals surface area contributed by atoms with E-state index < -0.39 is 16.6 Å². The fraction of sp³-hybridized carbons (Fsp3) is 0. The Morgan fingerprint density at radius 2 is 1.95 bits per heavy atom. The van der Waals surface area contributed by atoms with Crippen LogP contribution in [0.15, 0.2) is 30.3 Å². The minimum Gasteiger partial charge on any atom is -0.393 e. The Kier molecular flexibility index (Phi) is 3.71. The number of hydrogen-bond donors (Lipinski definition) is 2. The smallest absolute Gasteiger partial charge is 0.292 e. The van der Waals surface area contributed by atoms with E-state index in [0.29, 0.717) is 11.8 Å². The highest BCUT2D eigenvalue weighted by Gasteiger charge is 2.14. The molecule has 3 N–H and O–H groups in total. The molecule has 2 aromatic carbocycles. The fourth-order valence-corrected chi connectivity index (χ4v) is 1.85. The Morgan fingerprint density at radius 1 is 1.25 bits per heavy atom. The standard InChI is InChI=1S/C12H8ClF2N3O2/c13-8-3-6(14)4-9(15)12(8)17-7-1-2-11(18(19)20)10(16)5-7/h1-5,17H,16H2. The normalized spacial score (nSPS) is 10.3. The van der Waals surface area contributed by atoms with Crippen LogP contribution in [0.25, 0.3) is 0 Å². The first kappa shape index (κ1) is 14.0. The van der Waals surface area contributed by atoms with Crippen LogP contribution in [-0.2, 0) is 0 Å².